The maximum Gasteiger partial charge on any atom is 0.293 e. The van der Waals surface area contributed by atoms with Crippen molar-refractivity contribution in [2.24, 2.45) is 0 Å². The first-order valence-electron chi connectivity index (χ1n) is 6.68. The van der Waals surface area contributed by atoms with Gasteiger partial charge in [0.15, 0.2) is 0 Å². The number of rotatable bonds is 3. The summed E-state index contributed by atoms with van der Waals surface area (Å²) in [7, 11) is 0. The van der Waals surface area contributed by atoms with Crippen LogP contribution in [0.15, 0.2) is 34.9 Å². The highest BCUT2D eigenvalue weighted by atomic mass is 16.5. The van der Waals surface area contributed by atoms with Gasteiger partial charge in [-0.3, -0.25) is 4.79 Å². The quantitative estimate of drug-likeness (QED) is 0.885. The second kappa shape index (κ2) is 5.84. The molecule has 0 atom stereocenters. The van der Waals surface area contributed by atoms with Crippen LogP contribution in [0.5, 0.6) is 0 Å². The second-order valence-electron chi connectivity index (χ2n) is 4.63. The molecule has 1 aromatic heterocycles. The molecule has 0 bridgehead atoms. The van der Waals surface area contributed by atoms with Crippen molar-refractivity contribution in [1.82, 2.24) is 4.98 Å². The number of nitrogen functional groups attached to an aromatic ring is 1. The number of ether oxygens (including phenoxy) is 1. The van der Waals surface area contributed by atoms with Crippen LogP contribution in [0.25, 0.3) is 0 Å². The highest BCUT2D eigenvalue weighted by Crippen LogP contribution is 2.26. The number of nitrogens with two attached hydrogens (primary N) is 1. The number of nitrogens with one attached hydrogen (secondary N) is 1. The molecule has 7 nitrogen and oxygen atoms in total. The van der Waals surface area contributed by atoms with Gasteiger partial charge in [0.2, 0.25) is 5.76 Å². The van der Waals surface area contributed by atoms with Crippen LogP contribution in [0.3, 0.4) is 0 Å². The fourth-order valence-corrected chi connectivity index (χ4v) is 2.24. The number of hydrogen-bond donors (Lipinski definition) is 2. The number of hydrogen-bond acceptors (Lipinski definition) is 6. The van der Waals surface area contributed by atoms with Crippen molar-refractivity contribution < 1.29 is 13.9 Å². The van der Waals surface area contributed by atoms with Gasteiger partial charge in [-0.05, 0) is 12.1 Å². The summed E-state index contributed by atoms with van der Waals surface area (Å²) in [6.07, 6.45) is 1.31. The van der Waals surface area contributed by atoms with Crippen LogP contribution in [0.4, 0.5) is 17.4 Å². The van der Waals surface area contributed by atoms with Gasteiger partial charge in [0.05, 0.1) is 30.8 Å². The minimum absolute atomic E-state index is 0.0263. The van der Waals surface area contributed by atoms with Crippen LogP contribution in [0, 0.1) is 0 Å². The Balaban J connectivity index is 1.80. The van der Waals surface area contributed by atoms with Gasteiger partial charge in [-0.15, -0.1) is 0 Å². The van der Waals surface area contributed by atoms with Crippen molar-refractivity contribution in [3.05, 3.63) is 36.2 Å². The summed E-state index contributed by atoms with van der Waals surface area (Å²) in [6, 6.07) is 7.60. The standard InChI is InChI=1S/C14H16N4O3/c15-14-16-9-12(21-14)13(19)17-10-3-1-2-4-11(10)18-5-7-20-8-6-18/h1-4,9H,5-8H2,(H2,15,16)(H,17,19). The summed E-state index contributed by atoms with van der Waals surface area (Å²) in [6.45, 7) is 2.95. The van der Waals surface area contributed by atoms with Crippen LogP contribution in [0.1, 0.15) is 10.6 Å². The summed E-state index contributed by atoms with van der Waals surface area (Å²) < 4.78 is 10.4. The molecular weight excluding hydrogens is 272 g/mol. The molecule has 1 aliphatic rings. The van der Waals surface area contributed by atoms with Gasteiger partial charge in [-0.25, -0.2) is 4.98 Å². The molecule has 7 heteroatoms. The Hall–Kier alpha value is -2.54. The van der Waals surface area contributed by atoms with Gasteiger partial charge < -0.3 is 25.1 Å². The molecular formula is C14H16N4O3. The van der Waals surface area contributed by atoms with Gasteiger partial charge in [-0.2, -0.15) is 0 Å². The molecule has 2 aromatic rings. The number of para-hydroxylation sites is 2. The maximum atomic E-state index is 12.1. The highest BCUT2D eigenvalue weighted by Gasteiger charge is 2.17. The van der Waals surface area contributed by atoms with E-state index in [1.165, 1.54) is 6.20 Å². The third kappa shape index (κ3) is 2.97. The fraction of sp³-hybridized carbons (Fsp3) is 0.286. The van der Waals surface area contributed by atoms with E-state index >= 15 is 0 Å². The van der Waals surface area contributed by atoms with Crippen LogP contribution < -0.4 is 16.0 Å². The molecule has 1 fully saturated rings. The highest BCUT2D eigenvalue weighted by molar-refractivity contribution is 6.04. The Kier molecular flexibility index (Phi) is 3.74. The van der Waals surface area contributed by atoms with Crippen molar-refractivity contribution in [2.45, 2.75) is 0 Å². The van der Waals surface area contributed by atoms with Crippen molar-refractivity contribution in [1.29, 1.82) is 0 Å². The molecule has 110 valence electrons. The fourth-order valence-electron chi connectivity index (χ4n) is 2.24. The van der Waals surface area contributed by atoms with Crippen LogP contribution >= 0.6 is 0 Å². The first-order valence-corrected chi connectivity index (χ1v) is 6.68. The Morgan fingerprint density at radius 3 is 2.76 bits per heavy atom. The molecule has 1 aromatic carbocycles. The van der Waals surface area contributed by atoms with Crippen molar-refractivity contribution in [3.8, 4) is 0 Å². The van der Waals surface area contributed by atoms with Crippen molar-refractivity contribution in [2.75, 3.05) is 42.3 Å². The van der Waals surface area contributed by atoms with Crippen molar-refractivity contribution in [3.63, 3.8) is 0 Å². The number of benzene rings is 1. The van der Waals surface area contributed by atoms with E-state index in [2.05, 4.69) is 15.2 Å². The van der Waals surface area contributed by atoms with Gasteiger partial charge >= 0.3 is 0 Å². The van der Waals surface area contributed by atoms with Gasteiger partial charge in [-0.1, -0.05) is 12.1 Å². The van der Waals surface area contributed by atoms with E-state index in [0.717, 1.165) is 24.5 Å². The Labute approximate surface area is 121 Å². The number of amides is 1. The Morgan fingerprint density at radius 1 is 1.29 bits per heavy atom. The van der Waals surface area contributed by atoms with E-state index in [1.807, 2.05) is 24.3 Å². The lowest BCUT2D eigenvalue weighted by Gasteiger charge is -2.30. The average Bonchev–Trinajstić information content (AvgIpc) is 2.95. The third-order valence-corrected chi connectivity index (χ3v) is 3.25. The lowest BCUT2D eigenvalue weighted by Crippen LogP contribution is -2.36. The zero-order chi connectivity index (χ0) is 14.7. The molecule has 1 saturated heterocycles. The maximum absolute atomic E-state index is 12.1. The zero-order valence-corrected chi connectivity index (χ0v) is 11.4. The molecule has 0 saturated carbocycles. The van der Waals surface area contributed by atoms with Crippen LogP contribution in [0.2, 0.25) is 0 Å². The molecule has 1 amide bonds. The Bertz CT molecular complexity index is 635. The topological polar surface area (TPSA) is 93.6 Å². The molecule has 0 radical (unpaired) electrons. The van der Waals surface area contributed by atoms with E-state index in [0.29, 0.717) is 13.2 Å². The predicted octanol–water partition coefficient (Wildman–Crippen LogP) is 1.35. The molecule has 1 aliphatic heterocycles. The van der Waals surface area contributed by atoms with Crippen LogP contribution in [-0.4, -0.2) is 37.2 Å². The lowest BCUT2D eigenvalue weighted by atomic mass is 10.2. The largest absolute Gasteiger partial charge is 0.418 e. The minimum atomic E-state index is -0.375. The summed E-state index contributed by atoms with van der Waals surface area (Å²) in [5.74, 6) is -0.288. The number of nitrogens with zero attached hydrogens (tertiary/aromatic N) is 2. The number of aromatic nitrogens is 1. The first-order chi connectivity index (χ1) is 10.2. The van der Waals surface area contributed by atoms with Crippen LogP contribution in [-0.2, 0) is 4.74 Å². The minimum Gasteiger partial charge on any atom is -0.418 e. The monoisotopic (exact) mass is 288 g/mol. The third-order valence-electron chi connectivity index (χ3n) is 3.25. The zero-order valence-electron chi connectivity index (χ0n) is 11.4. The van der Waals surface area contributed by atoms with E-state index in [-0.39, 0.29) is 17.7 Å². The molecule has 0 spiro atoms. The van der Waals surface area contributed by atoms with E-state index in [1.54, 1.807) is 0 Å². The SMILES string of the molecule is Nc1ncc(C(=O)Nc2ccccc2N2CCOCC2)o1. The first kappa shape index (κ1) is 13.4. The molecule has 21 heavy (non-hydrogen) atoms. The van der Waals surface area contributed by atoms with Gasteiger partial charge in [0.1, 0.15) is 0 Å². The number of carbonyl (C=O) groups is 1. The lowest BCUT2D eigenvalue weighted by molar-refractivity contribution is 0.0997. The second-order valence-corrected chi connectivity index (χ2v) is 4.63. The summed E-state index contributed by atoms with van der Waals surface area (Å²) in [5, 5.41) is 2.83. The summed E-state index contributed by atoms with van der Waals surface area (Å²) in [4.78, 5) is 18.0. The van der Waals surface area contributed by atoms with Gasteiger partial charge in [0, 0.05) is 13.1 Å². The molecule has 3 N–H and O–H groups in total. The number of carbonyl (C=O) groups excluding carboxylic acids is 1. The summed E-state index contributed by atoms with van der Waals surface area (Å²) in [5.41, 5.74) is 7.06. The normalized spacial score (nSPS) is 15.0. The average molecular weight is 288 g/mol. The molecule has 0 unspecified atom stereocenters. The number of anilines is 3. The number of oxazole rings is 1. The van der Waals surface area contributed by atoms with Gasteiger partial charge in [0.25, 0.3) is 11.9 Å². The van der Waals surface area contributed by atoms with Crippen molar-refractivity contribution >= 4 is 23.3 Å². The van der Waals surface area contributed by atoms with E-state index in [9.17, 15) is 4.79 Å². The Morgan fingerprint density at radius 2 is 2.05 bits per heavy atom. The number of morpholine rings is 1. The van der Waals surface area contributed by atoms with E-state index in [4.69, 9.17) is 14.9 Å². The van der Waals surface area contributed by atoms with E-state index < -0.39 is 0 Å². The smallest absolute Gasteiger partial charge is 0.293 e. The molecule has 3 rings (SSSR count). The predicted molar refractivity (Wildman–Crippen MR) is 78.3 cm³/mol. The summed E-state index contributed by atoms with van der Waals surface area (Å²) >= 11 is 0. The molecule has 2 heterocycles. The molecule has 0 aliphatic carbocycles.